The van der Waals surface area contributed by atoms with E-state index in [9.17, 15) is 13.2 Å². The SMILES string of the molecule is COc1ccc(CNc2nc(-c3ncco3)c(C)n3nc(CCl)nc23)c(OC)c1.COc1ccc(CNc2nc(-c3ncco3)c(C)n3nc(Cc4ccccc4C)nc23)c(OC)c1.COc1ccc(CNc2nc(-c3ncco3)c(C)n3nc(Cc4ccccc4C)nc23)c(OC)c1.Cc1ccccc1Cc1nc2c(N)nc(-c3ncco3)c(C)n2n1.OB(O)c1ccccc1C(F)(F)F. The first-order valence-corrected chi connectivity index (χ1v) is 42.8. The number of nitrogens with two attached hydrogens (primary N) is 1. The van der Waals surface area contributed by atoms with Gasteiger partial charge in [0, 0.05) is 73.8 Å². The van der Waals surface area contributed by atoms with Crippen molar-refractivity contribution in [3.8, 4) is 80.8 Å². The van der Waals surface area contributed by atoms with Crippen molar-refractivity contribution in [2.24, 2.45) is 0 Å². The second-order valence-electron chi connectivity index (χ2n) is 30.5. The summed E-state index contributed by atoms with van der Waals surface area (Å²) in [7, 11) is 7.66. The van der Waals surface area contributed by atoms with Crippen LogP contribution < -0.4 is 55.6 Å². The maximum atomic E-state index is 12.2. The maximum absolute atomic E-state index is 12.2. The van der Waals surface area contributed by atoms with Gasteiger partial charge in [0.1, 0.15) is 82.3 Å². The molecule has 0 spiro atoms. The highest BCUT2D eigenvalue weighted by Gasteiger charge is 2.36. The predicted molar refractivity (Wildman–Crippen MR) is 502 cm³/mol. The topological polar surface area (TPSA) is 434 Å². The molecule has 0 aliphatic carbocycles. The molecule has 7 aromatic carbocycles. The lowest BCUT2D eigenvalue weighted by molar-refractivity contribution is -0.136. The molecule has 0 fully saturated rings. The Hall–Kier alpha value is -16.4. The van der Waals surface area contributed by atoms with Crippen LogP contribution in [0.1, 0.15) is 102 Å². The summed E-state index contributed by atoms with van der Waals surface area (Å²) in [5.41, 5.74) is 22.3. The largest absolute Gasteiger partial charge is 0.497 e. The van der Waals surface area contributed by atoms with E-state index in [2.05, 4.69) is 118 Å². The number of benzene rings is 7. The molecule has 0 bridgehead atoms. The van der Waals surface area contributed by atoms with Gasteiger partial charge in [0.25, 0.3) is 0 Å². The fraction of sp³-hybridized carbons (Fsp3) is 0.221. The van der Waals surface area contributed by atoms with Crippen LogP contribution in [0, 0.1) is 48.5 Å². The molecule has 19 aromatic rings. The molecular formula is C95H93BClF3N24O12. The van der Waals surface area contributed by atoms with Gasteiger partial charge in [-0.3, -0.25) is 0 Å². The summed E-state index contributed by atoms with van der Waals surface area (Å²) in [6.45, 7) is 15.3. The second-order valence-corrected chi connectivity index (χ2v) is 30.8. The Morgan fingerprint density at radius 2 is 0.676 bits per heavy atom. The van der Waals surface area contributed by atoms with Gasteiger partial charge in [-0.05, 0) is 124 Å². The van der Waals surface area contributed by atoms with E-state index < -0.39 is 24.3 Å². The molecule has 0 unspecified atom stereocenters. The number of nitrogens with zero attached hydrogens (tertiary/aromatic N) is 20. The molecule has 0 radical (unpaired) electrons. The standard InChI is InChI=1S/2C26H26N6O3.C19H19ClN6O3.C17H16N6O.C7H6BF3O2/c2*1-16-7-5-6-8-18(16)13-22-29-25-24(28-15-19-9-10-20(33-3)14-21(19)34-4)30-23(17(2)32(25)31-22)26-27-11-12-35-26;1-11-16(19-21-6-7-29-19)24-17(18-23-15(9-20)25-26(11)18)22-10-12-4-5-13(27-2)8-14(12)28-3;1-10-5-3-4-6-12(10)9-13-20-16-15(18)21-14(11(2)23(16)22-13)17-19-7-8-24-17;9-7(10,11)5-3-1-2-4-6(5)8(12)13/h2*5-12,14H,13,15H2,1-4H3,(H,28,30);4-8H,9-10H2,1-3H3,(H,22,24);3-8H,9H2,1-2H3,(H2,18,21);1-4,12-13H. The van der Waals surface area contributed by atoms with Crippen LogP contribution in [0.25, 0.3) is 68.9 Å². The fourth-order valence-corrected chi connectivity index (χ4v) is 14.7. The van der Waals surface area contributed by atoms with E-state index in [1.54, 1.807) is 85.5 Å². The Labute approximate surface area is 781 Å². The third kappa shape index (κ3) is 21.4. The summed E-state index contributed by atoms with van der Waals surface area (Å²) in [4.78, 5) is 54.4. The van der Waals surface area contributed by atoms with Crippen LogP contribution in [0.15, 0.2) is 219 Å². The fourth-order valence-electron chi connectivity index (χ4n) is 14.6. The van der Waals surface area contributed by atoms with Crippen molar-refractivity contribution >= 4 is 70.0 Å². The highest BCUT2D eigenvalue weighted by Crippen LogP contribution is 2.36. The molecule has 12 aromatic heterocycles. The van der Waals surface area contributed by atoms with Crippen molar-refractivity contribution in [1.82, 2.24) is 98.3 Å². The normalized spacial score (nSPS) is 11.1. The van der Waals surface area contributed by atoms with Gasteiger partial charge in [-0.2, -0.15) is 28.5 Å². The maximum Gasteiger partial charge on any atom is 0.489 e. The van der Waals surface area contributed by atoms with Crippen molar-refractivity contribution < 1.29 is 69.3 Å². The van der Waals surface area contributed by atoms with Crippen LogP contribution in [0.5, 0.6) is 34.5 Å². The molecule has 0 saturated heterocycles. The number of aromatic nitrogens is 20. The van der Waals surface area contributed by atoms with E-state index in [4.69, 9.17) is 109 Å². The number of anilines is 4. The number of hydrogen-bond acceptors (Lipinski definition) is 32. The number of oxazole rings is 4. The van der Waals surface area contributed by atoms with Gasteiger partial charge >= 0.3 is 13.3 Å². The van der Waals surface area contributed by atoms with Crippen LogP contribution in [0.3, 0.4) is 0 Å². The monoisotopic (exact) mass is 1860 g/mol. The van der Waals surface area contributed by atoms with E-state index >= 15 is 0 Å². The number of ether oxygens (including phenoxy) is 6. The lowest BCUT2D eigenvalue weighted by atomic mass is 9.77. The summed E-state index contributed by atoms with van der Waals surface area (Å²) < 4.78 is 97.9. The quantitative estimate of drug-likeness (QED) is 0.0206. The molecule has 0 aliphatic heterocycles. The Morgan fingerprint density at radius 1 is 0.375 bits per heavy atom. The molecule has 7 N–H and O–H groups in total. The zero-order valence-electron chi connectivity index (χ0n) is 76.1. The van der Waals surface area contributed by atoms with Gasteiger partial charge in [-0.25, -0.2) is 77.9 Å². The van der Waals surface area contributed by atoms with Crippen molar-refractivity contribution in [3.63, 3.8) is 0 Å². The predicted octanol–water partition coefficient (Wildman–Crippen LogP) is 15.6. The zero-order valence-corrected chi connectivity index (χ0v) is 76.8. The number of hydrogen-bond donors (Lipinski definition) is 6. The molecule has 136 heavy (non-hydrogen) atoms. The highest BCUT2D eigenvalue weighted by atomic mass is 35.5. The Morgan fingerprint density at radius 3 is 0.971 bits per heavy atom. The third-order valence-electron chi connectivity index (χ3n) is 21.9. The van der Waals surface area contributed by atoms with E-state index in [1.807, 2.05) is 119 Å². The summed E-state index contributed by atoms with van der Waals surface area (Å²) >= 11 is 5.95. The zero-order chi connectivity index (χ0) is 95.8. The molecule has 12 heterocycles. The van der Waals surface area contributed by atoms with Crippen molar-refractivity contribution in [2.45, 2.75) is 99.4 Å². The summed E-state index contributed by atoms with van der Waals surface area (Å²) in [6.07, 6.45) is 9.72. The van der Waals surface area contributed by atoms with Gasteiger partial charge in [0.15, 0.2) is 69.2 Å². The minimum atomic E-state index is -4.56. The summed E-state index contributed by atoms with van der Waals surface area (Å²) in [6, 6.07) is 46.0. The number of rotatable bonds is 27. The average Bonchev–Trinajstić information content (AvgIpc) is 1.62. The summed E-state index contributed by atoms with van der Waals surface area (Å²) in [5, 5.41) is 46.0. The van der Waals surface area contributed by atoms with Gasteiger partial charge in [0.05, 0.1) is 102 Å². The third-order valence-corrected chi connectivity index (χ3v) is 22.1. The highest BCUT2D eigenvalue weighted by molar-refractivity contribution is 6.59. The van der Waals surface area contributed by atoms with Crippen LogP contribution in [-0.4, -0.2) is 158 Å². The number of aryl methyl sites for hydroxylation is 7. The van der Waals surface area contributed by atoms with Crippen molar-refractivity contribution in [3.05, 3.63) is 303 Å². The van der Waals surface area contributed by atoms with Crippen LogP contribution >= 0.6 is 11.6 Å². The first kappa shape index (κ1) is 94.3. The number of nitrogens with one attached hydrogen (secondary N) is 3. The van der Waals surface area contributed by atoms with Crippen LogP contribution in [0.2, 0.25) is 0 Å². The first-order chi connectivity index (χ1) is 65.8. The van der Waals surface area contributed by atoms with Gasteiger partial charge in [0.2, 0.25) is 23.6 Å². The number of alkyl halides is 4. The molecule has 0 amide bonds. The molecule has 0 aliphatic rings. The summed E-state index contributed by atoms with van der Waals surface area (Å²) in [5.74, 6) is 10.8. The minimum Gasteiger partial charge on any atom is -0.497 e. The number of halogens is 4. The second kappa shape index (κ2) is 42.5. The Kier molecular flexibility index (Phi) is 29.4. The smallest absolute Gasteiger partial charge is 0.489 e. The Bertz CT molecular complexity index is 7120. The van der Waals surface area contributed by atoms with Gasteiger partial charge < -0.3 is 77.8 Å². The number of fused-ring (bicyclic) bond motifs is 4. The molecule has 0 atom stereocenters. The molecule has 41 heteroatoms. The van der Waals surface area contributed by atoms with E-state index in [-0.39, 0.29) is 5.88 Å². The Balaban J connectivity index is 0.000000133. The van der Waals surface area contributed by atoms with Crippen molar-refractivity contribution in [2.75, 3.05) is 64.3 Å². The average molecular weight is 1870 g/mol. The van der Waals surface area contributed by atoms with E-state index in [0.717, 1.165) is 80.3 Å². The van der Waals surface area contributed by atoms with Gasteiger partial charge in [-0.1, -0.05) is 97.1 Å². The molecule has 0 saturated carbocycles. The lowest BCUT2D eigenvalue weighted by Crippen LogP contribution is -2.35. The number of methoxy groups -OCH3 is 6. The molecule has 19 rings (SSSR count). The van der Waals surface area contributed by atoms with Crippen molar-refractivity contribution in [1.29, 1.82) is 0 Å². The molecule has 36 nitrogen and oxygen atoms in total. The van der Waals surface area contributed by atoms with Crippen LogP contribution in [-0.2, 0) is 51.0 Å². The van der Waals surface area contributed by atoms with Gasteiger partial charge in [-0.15, -0.1) is 16.7 Å². The lowest BCUT2D eigenvalue weighted by Gasteiger charge is -2.13. The van der Waals surface area contributed by atoms with E-state index in [1.165, 1.54) is 70.6 Å². The minimum absolute atomic E-state index is 0.196. The first-order valence-electron chi connectivity index (χ1n) is 42.3. The molecule has 696 valence electrons. The van der Waals surface area contributed by atoms with E-state index in [0.29, 0.717) is 160 Å². The molecular weight excluding hydrogens is 1770 g/mol. The van der Waals surface area contributed by atoms with Crippen LogP contribution in [0.4, 0.5) is 36.4 Å². The number of nitrogen functional groups attached to an aromatic ring is 1.